The summed E-state index contributed by atoms with van der Waals surface area (Å²) in [6.07, 6.45) is 1.46. The monoisotopic (exact) mass is 195 g/mol. The number of hydrogen-bond donors (Lipinski definition) is 2. The highest BCUT2D eigenvalue weighted by Gasteiger charge is 1.95. The van der Waals surface area contributed by atoms with E-state index in [0.717, 1.165) is 5.56 Å². The van der Waals surface area contributed by atoms with E-state index >= 15 is 0 Å². The molecule has 0 aliphatic rings. The Balaban J connectivity index is 2.64. The van der Waals surface area contributed by atoms with E-state index in [0.29, 0.717) is 5.17 Å². The van der Waals surface area contributed by atoms with Crippen molar-refractivity contribution in [1.82, 2.24) is 5.17 Å². The number of thiocarbonyl (C=S) groups is 1. The maximum atomic E-state index is 8.96. The second kappa shape index (κ2) is 4.54. The summed E-state index contributed by atoms with van der Waals surface area (Å²) in [5.74, 6) is 0. The molecular formula is C8H9N3OS. The van der Waals surface area contributed by atoms with Crippen LogP contribution in [0, 0.1) is 0 Å². The average molecular weight is 195 g/mol. The molecule has 0 atom stereocenters. The third-order valence-corrected chi connectivity index (χ3v) is 1.48. The molecule has 13 heavy (non-hydrogen) atoms. The first-order valence-corrected chi connectivity index (χ1v) is 3.98. The highest BCUT2D eigenvalue weighted by Crippen LogP contribution is 1.94. The molecule has 0 radical (unpaired) electrons. The van der Waals surface area contributed by atoms with Crippen molar-refractivity contribution in [2.24, 2.45) is 10.8 Å². The fourth-order valence-electron chi connectivity index (χ4n) is 0.717. The SMILES string of the molecule is NC(=S)N(O)N=Cc1ccccc1. The number of hydroxylamine groups is 1. The normalized spacial score (nSPS) is 10.2. The third kappa shape index (κ3) is 3.18. The van der Waals surface area contributed by atoms with Gasteiger partial charge in [0.25, 0.3) is 0 Å². The Hall–Kier alpha value is -1.46. The van der Waals surface area contributed by atoms with Gasteiger partial charge < -0.3 is 5.73 Å². The second-order valence-electron chi connectivity index (χ2n) is 2.28. The van der Waals surface area contributed by atoms with Crippen LogP contribution in [0.2, 0.25) is 0 Å². The van der Waals surface area contributed by atoms with Gasteiger partial charge in [0.05, 0.1) is 6.21 Å². The molecule has 0 amide bonds. The van der Waals surface area contributed by atoms with Crippen LogP contribution in [-0.2, 0) is 0 Å². The molecule has 68 valence electrons. The maximum Gasteiger partial charge on any atom is 0.215 e. The quantitative estimate of drug-likeness (QED) is 0.419. The molecule has 5 heteroatoms. The minimum Gasteiger partial charge on any atom is -0.373 e. The molecular weight excluding hydrogens is 186 g/mol. The van der Waals surface area contributed by atoms with Crippen molar-refractivity contribution in [3.63, 3.8) is 0 Å². The van der Waals surface area contributed by atoms with Gasteiger partial charge in [-0.2, -0.15) is 5.10 Å². The largest absolute Gasteiger partial charge is 0.373 e. The second-order valence-corrected chi connectivity index (χ2v) is 2.70. The molecule has 0 unspecified atom stereocenters. The standard InChI is InChI=1S/C8H9N3OS/c9-8(13)11(12)10-6-7-4-2-1-3-5-7/h1-6,12H,(H2,9,13). The van der Waals surface area contributed by atoms with E-state index in [1.807, 2.05) is 30.3 Å². The first-order valence-electron chi connectivity index (χ1n) is 3.57. The molecule has 4 nitrogen and oxygen atoms in total. The van der Waals surface area contributed by atoms with Crippen molar-refractivity contribution < 1.29 is 5.21 Å². The molecule has 0 spiro atoms. The Bertz CT molecular complexity index is 312. The zero-order chi connectivity index (χ0) is 9.68. The fraction of sp³-hybridized carbons (Fsp3) is 0. The van der Waals surface area contributed by atoms with Gasteiger partial charge in [-0.15, -0.1) is 5.17 Å². The van der Waals surface area contributed by atoms with Crippen molar-refractivity contribution in [1.29, 1.82) is 0 Å². The van der Waals surface area contributed by atoms with Gasteiger partial charge in [0.1, 0.15) is 0 Å². The Labute approximate surface area is 81.2 Å². The number of hydrogen-bond acceptors (Lipinski definition) is 3. The van der Waals surface area contributed by atoms with E-state index < -0.39 is 0 Å². The van der Waals surface area contributed by atoms with Crippen LogP contribution in [0.1, 0.15) is 5.56 Å². The highest BCUT2D eigenvalue weighted by molar-refractivity contribution is 7.80. The Morgan fingerprint density at radius 2 is 2.08 bits per heavy atom. The fourth-order valence-corrected chi connectivity index (χ4v) is 0.765. The summed E-state index contributed by atoms with van der Waals surface area (Å²) >= 11 is 4.47. The lowest BCUT2D eigenvalue weighted by atomic mass is 10.2. The lowest BCUT2D eigenvalue weighted by molar-refractivity contribution is -0.00975. The highest BCUT2D eigenvalue weighted by atomic mass is 32.1. The van der Waals surface area contributed by atoms with Crippen LogP contribution in [0.15, 0.2) is 35.4 Å². The summed E-state index contributed by atoms with van der Waals surface area (Å²) in [6.45, 7) is 0. The smallest absolute Gasteiger partial charge is 0.215 e. The Morgan fingerprint density at radius 1 is 1.46 bits per heavy atom. The Morgan fingerprint density at radius 3 is 2.62 bits per heavy atom. The molecule has 1 aromatic carbocycles. The molecule has 1 rings (SSSR count). The van der Waals surface area contributed by atoms with Gasteiger partial charge in [-0.3, -0.25) is 5.21 Å². The average Bonchev–Trinajstić information content (AvgIpc) is 2.15. The van der Waals surface area contributed by atoms with Crippen LogP contribution in [0.4, 0.5) is 0 Å². The summed E-state index contributed by atoms with van der Waals surface area (Å²) in [4.78, 5) is 0. The number of rotatable bonds is 2. The Kier molecular flexibility index (Phi) is 3.36. The number of nitrogens with two attached hydrogens (primary N) is 1. The van der Waals surface area contributed by atoms with Crippen molar-refractivity contribution in [3.8, 4) is 0 Å². The van der Waals surface area contributed by atoms with E-state index in [9.17, 15) is 0 Å². The van der Waals surface area contributed by atoms with Gasteiger partial charge in [-0.1, -0.05) is 30.3 Å². The molecule has 0 aliphatic heterocycles. The topological polar surface area (TPSA) is 61.8 Å². The predicted octanol–water partition coefficient (Wildman–Crippen LogP) is 0.955. The van der Waals surface area contributed by atoms with Crippen LogP contribution < -0.4 is 5.73 Å². The lowest BCUT2D eigenvalue weighted by Gasteiger charge is -2.05. The molecule has 0 saturated carbocycles. The van der Waals surface area contributed by atoms with Crippen LogP contribution in [0.3, 0.4) is 0 Å². The van der Waals surface area contributed by atoms with Crippen LogP contribution >= 0.6 is 12.2 Å². The number of benzene rings is 1. The van der Waals surface area contributed by atoms with E-state index in [1.54, 1.807) is 0 Å². The van der Waals surface area contributed by atoms with E-state index in [1.165, 1.54) is 6.21 Å². The number of hydrazone groups is 1. The molecule has 0 saturated heterocycles. The van der Waals surface area contributed by atoms with E-state index in [4.69, 9.17) is 10.9 Å². The van der Waals surface area contributed by atoms with Crippen molar-refractivity contribution in [2.75, 3.05) is 0 Å². The van der Waals surface area contributed by atoms with E-state index in [-0.39, 0.29) is 5.11 Å². The van der Waals surface area contributed by atoms with Gasteiger partial charge in [-0.05, 0) is 17.8 Å². The summed E-state index contributed by atoms with van der Waals surface area (Å²) < 4.78 is 0. The maximum absolute atomic E-state index is 8.96. The van der Waals surface area contributed by atoms with Crippen molar-refractivity contribution in [2.45, 2.75) is 0 Å². The minimum atomic E-state index is -0.188. The van der Waals surface area contributed by atoms with Crippen LogP contribution in [-0.4, -0.2) is 21.7 Å². The zero-order valence-electron chi connectivity index (χ0n) is 6.79. The molecule has 1 aromatic rings. The molecule has 0 aliphatic carbocycles. The lowest BCUT2D eigenvalue weighted by Crippen LogP contribution is -2.27. The van der Waals surface area contributed by atoms with Crippen LogP contribution in [0.25, 0.3) is 0 Å². The summed E-state index contributed by atoms with van der Waals surface area (Å²) in [7, 11) is 0. The molecule has 0 fully saturated rings. The number of nitrogens with zero attached hydrogens (tertiary/aromatic N) is 2. The first kappa shape index (κ1) is 9.63. The zero-order valence-corrected chi connectivity index (χ0v) is 7.61. The third-order valence-electron chi connectivity index (χ3n) is 1.31. The van der Waals surface area contributed by atoms with Gasteiger partial charge in [-0.25, -0.2) is 0 Å². The van der Waals surface area contributed by atoms with E-state index in [2.05, 4.69) is 17.3 Å². The molecule has 0 bridgehead atoms. The van der Waals surface area contributed by atoms with Crippen molar-refractivity contribution in [3.05, 3.63) is 35.9 Å². The predicted molar refractivity (Wildman–Crippen MR) is 54.4 cm³/mol. The van der Waals surface area contributed by atoms with Gasteiger partial charge in [0.15, 0.2) is 0 Å². The van der Waals surface area contributed by atoms with Gasteiger partial charge in [0, 0.05) is 0 Å². The summed E-state index contributed by atoms with van der Waals surface area (Å²) in [6, 6.07) is 9.31. The van der Waals surface area contributed by atoms with Crippen LogP contribution in [0.5, 0.6) is 0 Å². The van der Waals surface area contributed by atoms with Gasteiger partial charge in [0.2, 0.25) is 5.11 Å². The molecule has 0 heterocycles. The summed E-state index contributed by atoms with van der Waals surface area (Å²) in [5.41, 5.74) is 5.95. The molecule has 0 aromatic heterocycles. The van der Waals surface area contributed by atoms with Gasteiger partial charge >= 0.3 is 0 Å². The minimum absolute atomic E-state index is 0.188. The first-order chi connectivity index (χ1) is 6.20. The summed E-state index contributed by atoms with van der Waals surface area (Å²) in [5, 5.41) is 12.8. The molecule has 3 N–H and O–H groups in total. The van der Waals surface area contributed by atoms with Crippen molar-refractivity contribution >= 4 is 23.5 Å².